The van der Waals surface area contributed by atoms with Gasteiger partial charge in [-0.1, -0.05) is 18.6 Å². The van der Waals surface area contributed by atoms with Gasteiger partial charge in [0.2, 0.25) is 0 Å². The van der Waals surface area contributed by atoms with Gasteiger partial charge in [0.15, 0.2) is 0 Å². The highest BCUT2D eigenvalue weighted by atomic mass is 19.4. The fourth-order valence-electron chi connectivity index (χ4n) is 2.57. The molecule has 0 bridgehead atoms. The topological polar surface area (TPSA) is 35.2 Å². The quantitative estimate of drug-likeness (QED) is 0.913. The van der Waals surface area contributed by atoms with Crippen LogP contribution in [-0.4, -0.2) is 12.6 Å². The number of nitrogens with two attached hydrogens (primary N) is 1. The molecule has 1 aromatic rings. The maximum Gasteiger partial charge on any atom is 0.419 e. The first-order valence-corrected chi connectivity index (χ1v) is 6.55. The zero-order valence-electron chi connectivity index (χ0n) is 10.6. The minimum atomic E-state index is -4.39. The van der Waals surface area contributed by atoms with E-state index in [9.17, 15) is 13.2 Å². The van der Waals surface area contributed by atoms with Gasteiger partial charge in [-0.3, -0.25) is 0 Å². The van der Waals surface area contributed by atoms with E-state index in [-0.39, 0.29) is 17.8 Å². The number of para-hydroxylation sites is 1. The Morgan fingerprint density at radius 3 is 2.53 bits per heavy atom. The summed E-state index contributed by atoms with van der Waals surface area (Å²) in [7, 11) is 0. The predicted molar refractivity (Wildman–Crippen MR) is 66.9 cm³/mol. The van der Waals surface area contributed by atoms with Crippen LogP contribution in [0.1, 0.15) is 31.2 Å². The molecule has 1 aliphatic rings. The molecular weight excluding hydrogens is 255 g/mol. The van der Waals surface area contributed by atoms with E-state index in [1.165, 1.54) is 12.1 Å². The maximum atomic E-state index is 12.9. The van der Waals surface area contributed by atoms with Gasteiger partial charge < -0.3 is 10.5 Å². The number of benzene rings is 1. The summed E-state index contributed by atoms with van der Waals surface area (Å²) in [6.07, 6.45) is -0.840. The Kier molecular flexibility index (Phi) is 4.34. The van der Waals surface area contributed by atoms with Gasteiger partial charge in [0.05, 0.1) is 5.56 Å². The second-order valence-electron chi connectivity index (χ2n) is 4.93. The van der Waals surface area contributed by atoms with Crippen molar-refractivity contribution in [2.45, 2.75) is 38.0 Å². The van der Waals surface area contributed by atoms with Crippen LogP contribution < -0.4 is 10.5 Å². The molecule has 1 aliphatic carbocycles. The molecule has 0 saturated heterocycles. The first-order chi connectivity index (χ1) is 9.02. The maximum absolute atomic E-state index is 12.9. The van der Waals surface area contributed by atoms with Crippen LogP contribution in [0.2, 0.25) is 0 Å². The summed E-state index contributed by atoms with van der Waals surface area (Å²) >= 11 is 0. The normalized spacial score (nSPS) is 24.2. The number of halogens is 3. The minimum absolute atomic E-state index is 0.0830. The van der Waals surface area contributed by atoms with Crippen LogP contribution in [-0.2, 0) is 6.18 Å². The number of ether oxygens (including phenoxy) is 1. The van der Waals surface area contributed by atoms with E-state index >= 15 is 0 Å². The van der Waals surface area contributed by atoms with E-state index in [4.69, 9.17) is 10.5 Å². The van der Waals surface area contributed by atoms with Gasteiger partial charge in [-0.25, -0.2) is 0 Å². The lowest BCUT2D eigenvalue weighted by Gasteiger charge is -2.31. The van der Waals surface area contributed by atoms with Crippen LogP contribution in [0.25, 0.3) is 0 Å². The monoisotopic (exact) mass is 273 g/mol. The van der Waals surface area contributed by atoms with E-state index in [1.807, 2.05) is 0 Å². The molecule has 0 spiro atoms. The number of alkyl halides is 3. The highest BCUT2D eigenvalue weighted by Gasteiger charge is 2.35. The molecule has 0 aliphatic heterocycles. The molecule has 19 heavy (non-hydrogen) atoms. The van der Waals surface area contributed by atoms with Gasteiger partial charge in [0.25, 0.3) is 0 Å². The van der Waals surface area contributed by atoms with Crippen molar-refractivity contribution in [2.75, 3.05) is 6.54 Å². The molecule has 106 valence electrons. The van der Waals surface area contributed by atoms with Crippen molar-refractivity contribution in [3.05, 3.63) is 29.8 Å². The molecule has 0 amide bonds. The minimum Gasteiger partial charge on any atom is -0.489 e. The zero-order chi connectivity index (χ0) is 13.9. The third-order valence-corrected chi connectivity index (χ3v) is 3.61. The van der Waals surface area contributed by atoms with Crippen LogP contribution in [0.3, 0.4) is 0 Å². The molecule has 1 aromatic carbocycles. The van der Waals surface area contributed by atoms with Gasteiger partial charge in [-0.05, 0) is 37.9 Å². The third-order valence-electron chi connectivity index (χ3n) is 3.61. The molecule has 2 atom stereocenters. The highest BCUT2D eigenvalue weighted by Crippen LogP contribution is 2.38. The summed E-state index contributed by atoms with van der Waals surface area (Å²) in [5.74, 6) is 0.0652. The number of rotatable bonds is 3. The van der Waals surface area contributed by atoms with Gasteiger partial charge in [0.1, 0.15) is 11.9 Å². The fourth-order valence-corrected chi connectivity index (χ4v) is 2.57. The Balaban J connectivity index is 2.18. The standard InChI is InChI=1S/C14H18F3NO/c15-14(16,17)11-6-2-4-8-13(11)19-12-7-3-1-5-10(12)9-18/h2,4,6,8,10,12H,1,3,5,7,9,18H2. The average molecular weight is 273 g/mol. The Morgan fingerprint density at radius 2 is 1.84 bits per heavy atom. The molecular formula is C14H18F3NO. The van der Waals surface area contributed by atoms with Crippen LogP contribution in [0, 0.1) is 5.92 Å². The average Bonchev–Trinajstić information content (AvgIpc) is 2.39. The van der Waals surface area contributed by atoms with E-state index in [2.05, 4.69) is 0 Å². The largest absolute Gasteiger partial charge is 0.489 e. The smallest absolute Gasteiger partial charge is 0.419 e. The van der Waals surface area contributed by atoms with Gasteiger partial charge >= 0.3 is 6.18 Å². The summed E-state index contributed by atoms with van der Waals surface area (Å²) in [6.45, 7) is 0.457. The van der Waals surface area contributed by atoms with Crippen LogP contribution in [0.15, 0.2) is 24.3 Å². The van der Waals surface area contributed by atoms with E-state index in [0.717, 1.165) is 31.7 Å². The molecule has 2 nitrogen and oxygen atoms in total. The number of hydrogen-bond donors (Lipinski definition) is 1. The SMILES string of the molecule is NCC1CCCCC1Oc1ccccc1C(F)(F)F. The summed E-state index contributed by atoms with van der Waals surface area (Å²) in [6, 6.07) is 5.36. The second-order valence-corrected chi connectivity index (χ2v) is 4.93. The fraction of sp³-hybridized carbons (Fsp3) is 0.571. The molecule has 0 heterocycles. The summed E-state index contributed by atoms with van der Waals surface area (Å²) in [4.78, 5) is 0. The molecule has 5 heteroatoms. The van der Waals surface area contributed by atoms with E-state index in [0.29, 0.717) is 6.54 Å². The van der Waals surface area contributed by atoms with Crippen LogP contribution in [0.5, 0.6) is 5.75 Å². The summed E-state index contributed by atoms with van der Waals surface area (Å²) in [5.41, 5.74) is 4.96. The predicted octanol–water partition coefficient (Wildman–Crippen LogP) is 3.60. The van der Waals surface area contributed by atoms with Crippen molar-refractivity contribution in [1.29, 1.82) is 0 Å². The van der Waals surface area contributed by atoms with Gasteiger partial charge in [-0.15, -0.1) is 0 Å². The molecule has 0 radical (unpaired) electrons. The molecule has 0 aromatic heterocycles. The lowest BCUT2D eigenvalue weighted by molar-refractivity contribution is -0.139. The lowest BCUT2D eigenvalue weighted by Crippen LogP contribution is -2.35. The lowest BCUT2D eigenvalue weighted by atomic mass is 9.86. The van der Waals surface area contributed by atoms with Crippen molar-refractivity contribution >= 4 is 0 Å². The first-order valence-electron chi connectivity index (χ1n) is 6.55. The summed E-state index contributed by atoms with van der Waals surface area (Å²) in [5, 5.41) is 0. The molecule has 1 fully saturated rings. The molecule has 2 rings (SSSR count). The number of hydrogen-bond acceptors (Lipinski definition) is 2. The van der Waals surface area contributed by atoms with Crippen molar-refractivity contribution < 1.29 is 17.9 Å². The molecule has 2 N–H and O–H groups in total. The van der Waals surface area contributed by atoms with Gasteiger partial charge in [-0.2, -0.15) is 13.2 Å². The zero-order valence-corrected chi connectivity index (χ0v) is 10.6. The van der Waals surface area contributed by atoms with Crippen molar-refractivity contribution in [3.8, 4) is 5.75 Å². The Labute approximate surface area is 110 Å². The van der Waals surface area contributed by atoms with Crippen LogP contribution >= 0.6 is 0 Å². The van der Waals surface area contributed by atoms with E-state index < -0.39 is 11.7 Å². The molecule has 2 unspecified atom stereocenters. The van der Waals surface area contributed by atoms with Crippen molar-refractivity contribution in [3.63, 3.8) is 0 Å². The first kappa shape index (κ1) is 14.2. The second kappa shape index (κ2) is 5.82. The Morgan fingerprint density at radius 1 is 1.16 bits per heavy atom. The Hall–Kier alpha value is -1.23. The summed E-state index contributed by atoms with van der Waals surface area (Å²) < 4.78 is 44.2. The van der Waals surface area contributed by atoms with Crippen LogP contribution in [0.4, 0.5) is 13.2 Å². The van der Waals surface area contributed by atoms with Crippen molar-refractivity contribution in [2.24, 2.45) is 11.7 Å². The third kappa shape index (κ3) is 3.41. The highest BCUT2D eigenvalue weighted by molar-refractivity contribution is 5.35. The van der Waals surface area contributed by atoms with Gasteiger partial charge in [0, 0.05) is 5.92 Å². The van der Waals surface area contributed by atoms with E-state index in [1.54, 1.807) is 6.07 Å². The Bertz CT molecular complexity index is 419. The molecule has 1 saturated carbocycles. The van der Waals surface area contributed by atoms with Crippen molar-refractivity contribution in [1.82, 2.24) is 0 Å².